The average molecular weight is 196 g/mol. The number of nitrogens with zero attached hydrogens (tertiary/aromatic N) is 2. The summed E-state index contributed by atoms with van der Waals surface area (Å²) in [5, 5.41) is 2.54. The standard InChI is InChI=1S/C8H8N2O2S/c1-9-5-6(11)10(8(9)12)7-3-2-4-13-7/h2-4H,5H2,1H3. The maximum Gasteiger partial charge on any atom is 0.332 e. The third-order valence-corrected chi connectivity index (χ3v) is 2.72. The lowest BCUT2D eigenvalue weighted by Crippen LogP contribution is -2.30. The van der Waals surface area contributed by atoms with Crippen LogP contribution in [0.3, 0.4) is 0 Å². The van der Waals surface area contributed by atoms with Crippen molar-refractivity contribution in [3.05, 3.63) is 17.5 Å². The van der Waals surface area contributed by atoms with Gasteiger partial charge in [-0.1, -0.05) is 0 Å². The van der Waals surface area contributed by atoms with Crippen LogP contribution in [0.25, 0.3) is 0 Å². The molecule has 0 saturated carbocycles. The second-order valence-electron chi connectivity index (χ2n) is 2.82. The summed E-state index contributed by atoms with van der Waals surface area (Å²) in [6, 6.07) is 3.34. The van der Waals surface area contributed by atoms with Gasteiger partial charge in [0.1, 0.15) is 11.5 Å². The highest BCUT2D eigenvalue weighted by molar-refractivity contribution is 7.14. The van der Waals surface area contributed by atoms with Crippen molar-refractivity contribution < 1.29 is 9.59 Å². The van der Waals surface area contributed by atoms with E-state index in [9.17, 15) is 9.59 Å². The van der Waals surface area contributed by atoms with E-state index in [1.54, 1.807) is 13.1 Å². The van der Waals surface area contributed by atoms with Crippen LogP contribution >= 0.6 is 11.3 Å². The SMILES string of the molecule is CN1CC(=O)N(c2cccs2)C1=O. The van der Waals surface area contributed by atoms with Gasteiger partial charge < -0.3 is 4.90 Å². The van der Waals surface area contributed by atoms with Gasteiger partial charge in [0, 0.05) is 7.05 Å². The van der Waals surface area contributed by atoms with E-state index >= 15 is 0 Å². The second kappa shape index (κ2) is 2.85. The number of rotatable bonds is 1. The summed E-state index contributed by atoms with van der Waals surface area (Å²) in [5.74, 6) is -0.157. The van der Waals surface area contributed by atoms with Crippen molar-refractivity contribution >= 4 is 28.3 Å². The third kappa shape index (κ3) is 1.21. The van der Waals surface area contributed by atoms with Gasteiger partial charge in [-0.05, 0) is 17.5 Å². The molecule has 1 aromatic rings. The second-order valence-corrected chi connectivity index (χ2v) is 3.75. The van der Waals surface area contributed by atoms with Crippen molar-refractivity contribution in [2.45, 2.75) is 0 Å². The maximum atomic E-state index is 11.5. The van der Waals surface area contributed by atoms with Crippen LogP contribution in [0.5, 0.6) is 0 Å². The summed E-state index contributed by atoms with van der Waals surface area (Å²) < 4.78 is 0. The van der Waals surface area contributed by atoms with E-state index in [1.807, 2.05) is 11.4 Å². The van der Waals surface area contributed by atoms with Crippen molar-refractivity contribution in [3.63, 3.8) is 0 Å². The largest absolute Gasteiger partial charge is 0.332 e. The molecule has 0 N–H and O–H groups in total. The lowest BCUT2D eigenvalue weighted by atomic mass is 10.5. The summed E-state index contributed by atoms with van der Waals surface area (Å²) in [7, 11) is 1.62. The van der Waals surface area contributed by atoms with Gasteiger partial charge in [0.15, 0.2) is 0 Å². The van der Waals surface area contributed by atoms with Crippen LogP contribution in [0.1, 0.15) is 0 Å². The predicted octanol–water partition coefficient (Wildman–Crippen LogP) is 1.15. The lowest BCUT2D eigenvalue weighted by Gasteiger charge is -2.10. The Morgan fingerprint density at radius 1 is 1.46 bits per heavy atom. The number of carbonyl (C=O) groups excluding carboxylic acids is 2. The molecular weight excluding hydrogens is 188 g/mol. The fourth-order valence-electron chi connectivity index (χ4n) is 1.23. The van der Waals surface area contributed by atoms with Gasteiger partial charge in [-0.3, -0.25) is 4.79 Å². The number of carbonyl (C=O) groups is 2. The lowest BCUT2D eigenvalue weighted by molar-refractivity contribution is -0.116. The van der Waals surface area contributed by atoms with Gasteiger partial charge in [0.2, 0.25) is 0 Å². The van der Waals surface area contributed by atoms with Gasteiger partial charge >= 0.3 is 6.03 Å². The van der Waals surface area contributed by atoms with E-state index in [0.717, 1.165) is 0 Å². The van der Waals surface area contributed by atoms with E-state index in [4.69, 9.17) is 0 Å². The van der Waals surface area contributed by atoms with Crippen LogP contribution in [-0.4, -0.2) is 30.4 Å². The first kappa shape index (κ1) is 8.25. The number of urea groups is 1. The number of likely N-dealkylation sites (N-methyl/N-ethyl adjacent to an activating group) is 1. The summed E-state index contributed by atoms with van der Waals surface area (Å²) in [6.07, 6.45) is 0. The number of imide groups is 1. The molecule has 4 nitrogen and oxygen atoms in total. The number of amides is 3. The Morgan fingerprint density at radius 3 is 2.69 bits per heavy atom. The minimum absolute atomic E-state index is 0.157. The first-order valence-electron chi connectivity index (χ1n) is 3.81. The number of thiophene rings is 1. The molecule has 0 atom stereocenters. The Kier molecular flexibility index (Phi) is 1.81. The van der Waals surface area contributed by atoms with Gasteiger partial charge in [-0.2, -0.15) is 0 Å². The molecule has 0 spiro atoms. The highest BCUT2D eigenvalue weighted by Gasteiger charge is 2.35. The topological polar surface area (TPSA) is 40.6 Å². The minimum atomic E-state index is -0.243. The minimum Gasteiger partial charge on any atom is -0.318 e. The molecule has 1 aliphatic rings. The van der Waals surface area contributed by atoms with Crippen LogP contribution in [0.4, 0.5) is 9.80 Å². The Hall–Kier alpha value is -1.36. The molecule has 5 heteroatoms. The van der Waals surface area contributed by atoms with E-state index in [-0.39, 0.29) is 18.5 Å². The summed E-state index contributed by atoms with van der Waals surface area (Å²) in [4.78, 5) is 25.4. The zero-order valence-corrected chi connectivity index (χ0v) is 7.87. The van der Waals surface area contributed by atoms with Crippen LogP contribution < -0.4 is 4.90 Å². The van der Waals surface area contributed by atoms with Crippen LogP contribution in [-0.2, 0) is 4.79 Å². The molecule has 1 aromatic heterocycles. The zero-order valence-electron chi connectivity index (χ0n) is 7.06. The van der Waals surface area contributed by atoms with Crippen molar-refractivity contribution in [1.29, 1.82) is 0 Å². The Balaban J connectivity index is 2.34. The zero-order chi connectivity index (χ0) is 9.42. The molecule has 2 rings (SSSR count). The summed E-state index contributed by atoms with van der Waals surface area (Å²) >= 11 is 1.39. The normalized spacial score (nSPS) is 17.3. The Bertz CT molecular complexity index is 347. The molecule has 0 unspecified atom stereocenters. The smallest absolute Gasteiger partial charge is 0.318 e. The van der Waals surface area contributed by atoms with Crippen LogP contribution in [0.2, 0.25) is 0 Å². The predicted molar refractivity (Wildman–Crippen MR) is 49.8 cm³/mol. The summed E-state index contributed by atoms with van der Waals surface area (Å²) in [6.45, 7) is 0.177. The summed E-state index contributed by atoms with van der Waals surface area (Å²) in [5.41, 5.74) is 0. The van der Waals surface area contributed by atoms with Gasteiger partial charge in [-0.15, -0.1) is 11.3 Å². The van der Waals surface area contributed by atoms with Crippen molar-refractivity contribution in [2.75, 3.05) is 18.5 Å². The van der Waals surface area contributed by atoms with Gasteiger partial charge in [0.05, 0.1) is 0 Å². The van der Waals surface area contributed by atoms with Gasteiger partial charge in [-0.25, -0.2) is 9.69 Å². The first-order chi connectivity index (χ1) is 6.20. The Morgan fingerprint density at radius 2 is 2.23 bits per heavy atom. The first-order valence-corrected chi connectivity index (χ1v) is 4.69. The molecule has 13 heavy (non-hydrogen) atoms. The molecule has 3 amide bonds. The van der Waals surface area contributed by atoms with E-state index in [0.29, 0.717) is 5.00 Å². The highest BCUT2D eigenvalue weighted by atomic mass is 32.1. The molecule has 68 valence electrons. The molecule has 0 bridgehead atoms. The molecule has 1 saturated heterocycles. The quantitative estimate of drug-likeness (QED) is 0.632. The fourth-order valence-corrected chi connectivity index (χ4v) is 1.97. The van der Waals surface area contributed by atoms with E-state index in [1.165, 1.54) is 21.1 Å². The van der Waals surface area contributed by atoms with Crippen molar-refractivity contribution in [1.82, 2.24) is 4.90 Å². The van der Waals surface area contributed by atoms with Crippen LogP contribution in [0.15, 0.2) is 17.5 Å². The average Bonchev–Trinajstić information content (AvgIpc) is 2.63. The molecule has 2 heterocycles. The fraction of sp³-hybridized carbons (Fsp3) is 0.250. The van der Waals surface area contributed by atoms with Gasteiger partial charge in [0.25, 0.3) is 5.91 Å². The third-order valence-electron chi connectivity index (χ3n) is 1.87. The molecule has 0 aromatic carbocycles. The number of hydrogen-bond acceptors (Lipinski definition) is 3. The van der Waals surface area contributed by atoms with Crippen molar-refractivity contribution in [3.8, 4) is 0 Å². The monoisotopic (exact) mass is 196 g/mol. The van der Waals surface area contributed by atoms with Crippen LogP contribution in [0, 0.1) is 0 Å². The van der Waals surface area contributed by atoms with E-state index in [2.05, 4.69) is 0 Å². The highest BCUT2D eigenvalue weighted by Crippen LogP contribution is 2.25. The molecular formula is C8H8N2O2S. The Labute approximate surface area is 79.4 Å². The molecule has 0 aliphatic carbocycles. The molecule has 1 fully saturated rings. The number of hydrogen-bond donors (Lipinski definition) is 0. The maximum absolute atomic E-state index is 11.5. The molecule has 0 radical (unpaired) electrons. The number of anilines is 1. The van der Waals surface area contributed by atoms with Crippen molar-refractivity contribution in [2.24, 2.45) is 0 Å². The van der Waals surface area contributed by atoms with E-state index < -0.39 is 0 Å². The molecule has 1 aliphatic heterocycles.